The van der Waals surface area contributed by atoms with Crippen molar-refractivity contribution in [2.45, 2.75) is 0 Å². The Balaban J connectivity index is 0.0000000958. The van der Waals surface area contributed by atoms with Gasteiger partial charge in [-0.3, -0.25) is 9.13 Å². The van der Waals surface area contributed by atoms with Crippen molar-refractivity contribution in [3.05, 3.63) is 431 Å². The molecule has 35 rings (SSSR count). The third-order valence-corrected chi connectivity index (χ3v) is 31.9. The van der Waals surface area contributed by atoms with Crippen molar-refractivity contribution >= 4 is 282 Å². The van der Waals surface area contributed by atoms with E-state index in [0.717, 1.165) is 199 Å². The maximum absolute atomic E-state index is 6.57. The van der Waals surface area contributed by atoms with E-state index in [9.17, 15) is 0 Å². The van der Waals surface area contributed by atoms with Crippen molar-refractivity contribution in [1.29, 1.82) is 0 Å². The summed E-state index contributed by atoms with van der Waals surface area (Å²) in [5.41, 5.74) is 24.1. The van der Waals surface area contributed by atoms with Crippen molar-refractivity contribution in [3.8, 4) is 62.7 Å². The van der Waals surface area contributed by atoms with Gasteiger partial charge in [-0.05, 0) is 186 Å². The topological polar surface area (TPSA) is 145 Å². The average molecular weight is 1880 g/mol. The second-order valence-electron chi connectivity index (χ2n) is 38.3. The van der Waals surface area contributed by atoms with Gasteiger partial charge in [0, 0.05) is 140 Å². The molecule has 13 nitrogen and oxygen atoms in total. The lowest BCUT2D eigenvalue weighted by molar-refractivity contribution is 0.669. The summed E-state index contributed by atoms with van der Waals surface area (Å²) in [6.45, 7) is 0. The van der Waals surface area contributed by atoms with E-state index in [1.807, 2.05) is 59.9 Å². The van der Waals surface area contributed by atoms with Crippen LogP contribution in [0.2, 0.25) is 0 Å². The van der Waals surface area contributed by atoms with Crippen LogP contribution in [0.25, 0.3) is 333 Å². The van der Waals surface area contributed by atoms with Crippen LogP contribution < -0.4 is 0 Å². The normalized spacial score (nSPS) is 12.4. The van der Waals surface area contributed by atoms with E-state index in [-0.39, 0.29) is 0 Å². The molecule has 35 aromatic rings. The van der Waals surface area contributed by atoms with Gasteiger partial charge < -0.3 is 22.2 Å². The highest BCUT2D eigenvalue weighted by atomic mass is 32.1. The second-order valence-corrected chi connectivity index (χ2v) is 39.3. The minimum Gasteiger partial charge on any atom is -0.456 e. The maximum Gasteiger partial charge on any atom is 0.235 e. The smallest absolute Gasteiger partial charge is 0.235 e. The van der Waals surface area contributed by atoms with Gasteiger partial charge in [0.1, 0.15) is 44.7 Å². The SMILES string of the molecule is c1ccc(-c2nc(-c3ccccc3)c3cc(-n4c5cccc6c7ccccc7c7cccc8oc9ccc4c(c9c87)c65)ccc3n2)cc1.c1ccc2c(-c3cccc4c3oc3ccccc34)nc(-n3c4cccc5c6ccccc6c6cccc7oc8ccc3c(c8c76)c54)nc2c1.c1ccc2c(-c3cccc4c3sc3ccccc34)nc(-n3c4cccc5c6ccccc6c6cccc7oc8ccc3c(c8c76)c54)nc2c1. The van der Waals surface area contributed by atoms with Crippen molar-refractivity contribution in [1.82, 2.24) is 43.6 Å². The monoisotopic (exact) mass is 1880 g/mol. The van der Waals surface area contributed by atoms with E-state index in [1.54, 1.807) is 0 Å². The molecule has 14 heteroatoms. The molecular weight excluding hydrogens is 1810 g/mol. The lowest BCUT2D eigenvalue weighted by Crippen LogP contribution is -2.03. The molecule has 0 atom stereocenters. The summed E-state index contributed by atoms with van der Waals surface area (Å²) in [7, 11) is 0. The van der Waals surface area contributed by atoms with Crippen LogP contribution in [0.1, 0.15) is 0 Å². The number of thiophene rings is 1. The van der Waals surface area contributed by atoms with Crippen LogP contribution >= 0.6 is 11.3 Å². The molecule has 0 amide bonds. The van der Waals surface area contributed by atoms with Gasteiger partial charge in [0.2, 0.25) is 11.9 Å². The Morgan fingerprint density at radius 2 is 0.541 bits per heavy atom. The predicted octanol–water partition coefficient (Wildman–Crippen LogP) is 36.0. The summed E-state index contributed by atoms with van der Waals surface area (Å²) < 4.78 is 35.6. The fraction of sp³-hybridized carbons (Fsp3) is 0. The standard InChI is InChI=1S/C44H23N3O2.C44H23N3OS.C44H25N3O/c1-2-11-25-24(10-1)27-14-8-19-33-38(27)40-34(22-23-37-41(40)39-28(25)15-9-21-36(39)48-37)47(33)44-45-32-18-5-3-13-30(32)42(46-44)31-17-7-16-29-26-12-4-6-20-35(26)49-43(29)31;1-2-11-25-24(10-1)27-14-8-19-33-38(27)40-34(22-23-36-41(40)39-28(25)15-9-20-35(39)48-36)47(33)44-45-32-18-5-3-13-30(32)42(46-44)31-17-7-16-29-26-12-4-6-21-37(26)49-43(29)31;1-3-11-26(12-4-1)43-33-25-28(21-22-34(33)45-44(46-43)27-13-5-2-6-14-27)47-35-19-9-17-31-29-15-7-8-16-30(29)32-18-10-20-37-40(32)42-38(48-37)24-23-36(47)41(42)39(31)35/h2*1-23H;1-25H. The molecule has 0 unspecified atom stereocenters. The van der Waals surface area contributed by atoms with Crippen LogP contribution in [0, 0.1) is 0 Å². The summed E-state index contributed by atoms with van der Waals surface area (Å²) in [6, 6.07) is 152. The quantitative estimate of drug-likeness (QED) is 0.151. The Bertz CT molecular complexity index is 11400. The Kier molecular flexibility index (Phi) is 16.3. The first kappa shape index (κ1) is 79.3. The van der Waals surface area contributed by atoms with Gasteiger partial charge in [-0.15, -0.1) is 11.3 Å². The average Bonchev–Trinajstić information content (AvgIpc) is 1.54. The molecule has 0 saturated heterocycles. The van der Waals surface area contributed by atoms with E-state index in [1.165, 1.54) is 123 Å². The molecule has 0 aliphatic carbocycles. The molecule has 0 aliphatic heterocycles. The molecule has 0 fully saturated rings. The van der Waals surface area contributed by atoms with Crippen LogP contribution in [0.15, 0.2) is 448 Å². The van der Waals surface area contributed by atoms with Gasteiger partial charge in [-0.2, -0.15) is 0 Å². The van der Waals surface area contributed by atoms with Gasteiger partial charge in [0.15, 0.2) is 5.82 Å². The minimum atomic E-state index is 0.610. The van der Waals surface area contributed by atoms with Crippen LogP contribution in [0.4, 0.5) is 0 Å². The van der Waals surface area contributed by atoms with E-state index >= 15 is 0 Å². The van der Waals surface area contributed by atoms with E-state index in [4.69, 9.17) is 47.6 Å². The van der Waals surface area contributed by atoms with Crippen molar-refractivity contribution < 1.29 is 17.7 Å². The predicted molar refractivity (Wildman–Crippen MR) is 604 cm³/mol. The first-order chi connectivity index (χ1) is 72.4. The molecule has 0 saturated carbocycles. The largest absolute Gasteiger partial charge is 0.456 e. The molecule has 0 bridgehead atoms. The Morgan fingerprint density at radius 3 is 1.05 bits per heavy atom. The van der Waals surface area contributed by atoms with Crippen molar-refractivity contribution in [3.63, 3.8) is 0 Å². The molecule has 674 valence electrons. The molecular formula is C132H71N9O4S. The van der Waals surface area contributed by atoms with Gasteiger partial charge in [-0.1, -0.05) is 309 Å². The summed E-state index contributed by atoms with van der Waals surface area (Å²) in [5, 5.41) is 36.2. The number of hydrogen-bond donors (Lipinski definition) is 0. The van der Waals surface area contributed by atoms with Crippen molar-refractivity contribution in [2.75, 3.05) is 0 Å². The highest BCUT2D eigenvalue weighted by Gasteiger charge is 2.31. The maximum atomic E-state index is 6.57. The number of hydrogen-bond acceptors (Lipinski definition) is 11. The number of furan rings is 4. The zero-order valence-corrected chi connectivity index (χ0v) is 78.4. The highest BCUT2D eigenvalue weighted by molar-refractivity contribution is 7.26. The van der Waals surface area contributed by atoms with Gasteiger partial charge in [-0.25, -0.2) is 29.9 Å². The third-order valence-electron chi connectivity index (χ3n) is 30.7. The van der Waals surface area contributed by atoms with E-state index < -0.39 is 0 Å². The van der Waals surface area contributed by atoms with Crippen molar-refractivity contribution in [2.24, 2.45) is 0 Å². The molecule has 24 aromatic carbocycles. The zero-order valence-electron chi connectivity index (χ0n) is 77.6. The van der Waals surface area contributed by atoms with Gasteiger partial charge >= 0.3 is 0 Å². The first-order valence-electron chi connectivity index (χ1n) is 49.3. The zero-order chi connectivity index (χ0) is 94.9. The minimum absolute atomic E-state index is 0.610. The number of aromatic nitrogens is 9. The number of fused-ring (bicyclic) bond motifs is 18. The Hall–Kier alpha value is -19.5. The molecule has 0 spiro atoms. The summed E-state index contributed by atoms with van der Waals surface area (Å²) in [5.74, 6) is 1.99. The van der Waals surface area contributed by atoms with Crippen LogP contribution in [0.5, 0.6) is 0 Å². The van der Waals surface area contributed by atoms with Gasteiger partial charge in [0.25, 0.3) is 0 Å². The number of nitrogens with zero attached hydrogens (tertiary/aromatic N) is 9. The summed E-state index contributed by atoms with van der Waals surface area (Å²) >= 11 is 1.83. The van der Waals surface area contributed by atoms with Crippen LogP contribution in [-0.2, 0) is 0 Å². The fourth-order valence-electron chi connectivity index (χ4n) is 24.7. The number of rotatable bonds is 7. The fourth-order valence-corrected chi connectivity index (χ4v) is 25.9. The lowest BCUT2D eigenvalue weighted by Gasteiger charge is -2.13. The van der Waals surface area contributed by atoms with Crippen LogP contribution in [-0.4, -0.2) is 43.6 Å². The highest BCUT2D eigenvalue weighted by Crippen LogP contribution is 2.54. The molecule has 11 aromatic heterocycles. The van der Waals surface area contributed by atoms with Crippen LogP contribution in [0.3, 0.4) is 0 Å². The third kappa shape index (κ3) is 11.1. The Labute approximate surface area is 830 Å². The van der Waals surface area contributed by atoms with E-state index in [2.05, 4.69) is 396 Å². The molecule has 0 aliphatic rings. The Morgan fingerprint density at radius 1 is 0.185 bits per heavy atom. The first-order valence-corrected chi connectivity index (χ1v) is 50.1. The number of benzene rings is 21. The van der Waals surface area contributed by atoms with Gasteiger partial charge in [0.05, 0.1) is 66.7 Å². The molecule has 0 radical (unpaired) electrons. The summed E-state index contributed by atoms with van der Waals surface area (Å²) in [6.07, 6.45) is 0. The molecule has 0 N–H and O–H groups in total. The lowest BCUT2D eigenvalue weighted by atomic mass is 9.95. The van der Waals surface area contributed by atoms with E-state index in [0.29, 0.717) is 11.9 Å². The molecule has 11 heterocycles. The summed E-state index contributed by atoms with van der Waals surface area (Å²) in [4.78, 5) is 31.8. The number of para-hydroxylation sites is 4. The molecule has 146 heavy (non-hydrogen) atoms. The second kappa shape index (κ2) is 30.0.